The van der Waals surface area contributed by atoms with Gasteiger partial charge in [0.05, 0.1) is 24.0 Å². The van der Waals surface area contributed by atoms with E-state index in [4.69, 9.17) is 21.1 Å². The van der Waals surface area contributed by atoms with Gasteiger partial charge in [0.2, 0.25) is 11.8 Å². The summed E-state index contributed by atoms with van der Waals surface area (Å²) in [7, 11) is 1.58. The maximum absolute atomic E-state index is 13.6. The van der Waals surface area contributed by atoms with Crippen LogP contribution >= 0.6 is 34.7 Å². The molecule has 2 saturated carbocycles. The van der Waals surface area contributed by atoms with E-state index in [1.165, 1.54) is 18.3 Å². The average Bonchev–Trinajstić information content (AvgIpc) is 3.70. The van der Waals surface area contributed by atoms with E-state index in [1.54, 1.807) is 24.9 Å². The van der Waals surface area contributed by atoms with E-state index in [-0.39, 0.29) is 45.6 Å². The van der Waals surface area contributed by atoms with Crippen LogP contribution in [0.3, 0.4) is 0 Å². The van der Waals surface area contributed by atoms with Crippen LogP contribution < -0.4 is 14.3 Å². The lowest BCUT2D eigenvalue weighted by atomic mass is 9.68. The van der Waals surface area contributed by atoms with Gasteiger partial charge in [-0.05, 0) is 66.5 Å². The lowest BCUT2D eigenvalue weighted by molar-refractivity contribution is -0.154. The zero-order valence-corrected chi connectivity index (χ0v) is 25.0. The normalized spacial score (nSPS) is 29.7. The minimum absolute atomic E-state index is 0.000541. The van der Waals surface area contributed by atoms with Gasteiger partial charge < -0.3 is 19.6 Å². The molecule has 7 rings (SSSR count). The van der Waals surface area contributed by atoms with Gasteiger partial charge in [0.25, 0.3) is 0 Å². The van der Waals surface area contributed by atoms with Crippen molar-refractivity contribution in [3.63, 3.8) is 0 Å². The lowest BCUT2D eigenvalue weighted by Crippen LogP contribution is -2.44. The first-order valence-corrected chi connectivity index (χ1v) is 15.8. The fraction of sp³-hybridized carbons (Fsp3) is 0.400. The molecule has 9 nitrogen and oxygen atoms in total. The van der Waals surface area contributed by atoms with Crippen LogP contribution in [0.5, 0.6) is 11.5 Å². The van der Waals surface area contributed by atoms with E-state index in [9.17, 15) is 24.3 Å². The maximum atomic E-state index is 13.6. The number of rotatable bonds is 7. The number of hydrogen-bond donors (Lipinski definition) is 2. The topological polar surface area (TPSA) is 126 Å². The smallest absolute Gasteiger partial charge is 0.326 e. The zero-order valence-electron chi connectivity index (χ0n) is 22.6. The SMILES string of the molecule is COc1cc([C@H]2c3sc(=O)[nH]c3SC3C4CC(C5C(=O)N(C(C)C(=O)O)C(=O)C45)C32)ccc1OCc1cccc(Cl)c1. The number of thiazole rings is 1. The molecule has 2 aliphatic heterocycles. The van der Waals surface area contributed by atoms with E-state index in [1.807, 2.05) is 36.4 Å². The van der Waals surface area contributed by atoms with Gasteiger partial charge in [0.1, 0.15) is 12.6 Å². The Hall–Kier alpha value is -3.28. The molecule has 1 aromatic heterocycles. The Balaban J connectivity index is 1.25. The number of thioether (sulfide) groups is 1. The van der Waals surface area contributed by atoms with Crippen LogP contribution in [0.1, 0.15) is 35.3 Å². The standard InChI is InChI=1S/C30H27ClN2O7S2/c1-12(29(36)37)33-27(34)22-16-10-17(23(22)28(33)35)24-21(16)20(25-26(41-24)32-30(38)42-25)14-6-7-18(19(9-14)39-2)40-11-13-4-3-5-15(31)8-13/h3-9,12,16-17,20-24H,10-11H2,1-2H3,(H,32,38)(H,36,37)/t12?,16?,17?,20-,21?,22?,23?,24?/m1/s1. The highest BCUT2D eigenvalue weighted by molar-refractivity contribution is 8.00. The summed E-state index contributed by atoms with van der Waals surface area (Å²) in [4.78, 5) is 56.1. The molecular weight excluding hydrogens is 600 g/mol. The number of methoxy groups -OCH3 is 1. The van der Waals surface area contributed by atoms with E-state index in [2.05, 4.69) is 4.98 Å². The predicted molar refractivity (Wildman–Crippen MR) is 156 cm³/mol. The van der Waals surface area contributed by atoms with Crippen LogP contribution in [0.15, 0.2) is 52.3 Å². The first kappa shape index (κ1) is 27.5. The number of aromatic amines is 1. The summed E-state index contributed by atoms with van der Waals surface area (Å²) in [6.07, 6.45) is 0.720. The molecule has 218 valence electrons. The second-order valence-electron chi connectivity index (χ2n) is 11.3. The summed E-state index contributed by atoms with van der Waals surface area (Å²) in [5.74, 6) is -2.33. The lowest BCUT2D eigenvalue weighted by Gasteiger charge is -2.43. The van der Waals surface area contributed by atoms with Gasteiger partial charge in [-0.15, -0.1) is 11.8 Å². The number of nitrogens with one attached hydrogen (secondary N) is 1. The van der Waals surface area contributed by atoms with E-state index >= 15 is 0 Å². The molecule has 2 bridgehead atoms. The van der Waals surface area contributed by atoms with E-state index < -0.39 is 23.8 Å². The first-order chi connectivity index (χ1) is 20.2. The molecule has 2 N–H and O–H groups in total. The van der Waals surface area contributed by atoms with Crippen molar-refractivity contribution in [1.29, 1.82) is 0 Å². The van der Waals surface area contributed by atoms with Crippen molar-refractivity contribution in [3.05, 3.63) is 73.2 Å². The molecule has 7 unspecified atom stereocenters. The molecule has 4 aliphatic rings. The molecule has 2 amide bonds. The number of halogens is 1. The molecular formula is C30H27ClN2O7S2. The van der Waals surface area contributed by atoms with Crippen molar-refractivity contribution in [2.24, 2.45) is 29.6 Å². The van der Waals surface area contributed by atoms with Gasteiger partial charge in [-0.25, -0.2) is 4.79 Å². The van der Waals surface area contributed by atoms with Crippen molar-refractivity contribution >= 4 is 52.5 Å². The second kappa shape index (κ2) is 10.2. The molecule has 0 radical (unpaired) electrons. The Morgan fingerprint density at radius 2 is 1.88 bits per heavy atom. The monoisotopic (exact) mass is 626 g/mol. The number of amides is 2. The third-order valence-electron chi connectivity index (χ3n) is 9.33. The summed E-state index contributed by atoms with van der Waals surface area (Å²) in [5.41, 5.74) is 1.85. The van der Waals surface area contributed by atoms with Crippen LogP contribution in [-0.4, -0.2) is 51.2 Å². The molecule has 8 atom stereocenters. The number of H-pyrrole nitrogens is 1. The quantitative estimate of drug-likeness (QED) is 0.364. The number of benzene rings is 2. The van der Waals surface area contributed by atoms with Gasteiger partial charge >= 0.3 is 10.8 Å². The number of aromatic nitrogens is 1. The van der Waals surface area contributed by atoms with Crippen molar-refractivity contribution in [2.45, 2.75) is 42.2 Å². The minimum atomic E-state index is -1.21. The fourth-order valence-electron chi connectivity index (χ4n) is 7.69. The largest absolute Gasteiger partial charge is 0.493 e. The van der Waals surface area contributed by atoms with E-state index in [0.717, 1.165) is 32.4 Å². The van der Waals surface area contributed by atoms with Crippen molar-refractivity contribution in [1.82, 2.24) is 9.88 Å². The minimum Gasteiger partial charge on any atom is -0.493 e. The number of aliphatic carboxylic acids is 1. The third-order valence-corrected chi connectivity index (χ3v) is 12.2. The number of imide groups is 1. The van der Waals surface area contributed by atoms with Crippen molar-refractivity contribution in [3.8, 4) is 11.5 Å². The second-order valence-corrected chi connectivity index (χ2v) is 14.0. The first-order valence-electron chi connectivity index (χ1n) is 13.7. The summed E-state index contributed by atoms with van der Waals surface area (Å²) in [6, 6.07) is 12.0. The Kier molecular flexibility index (Phi) is 6.67. The van der Waals surface area contributed by atoms with Crippen molar-refractivity contribution in [2.75, 3.05) is 7.11 Å². The summed E-state index contributed by atoms with van der Waals surface area (Å²) >= 11 is 8.88. The molecule has 3 heterocycles. The van der Waals surface area contributed by atoms with Gasteiger partial charge in [-0.2, -0.15) is 0 Å². The molecule has 0 spiro atoms. The average molecular weight is 627 g/mol. The van der Waals surface area contributed by atoms with Gasteiger partial charge in [-0.1, -0.05) is 41.1 Å². The Morgan fingerprint density at radius 3 is 2.60 bits per heavy atom. The van der Waals surface area contributed by atoms with Gasteiger partial charge in [0.15, 0.2) is 11.5 Å². The Bertz CT molecular complexity index is 1690. The van der Waals surface area contributed by atoms with Crippen LogP contribution in [0.4, 0.5) is 0 Å². The number of nitrogens with zero attached hydrogens (tertiary/aromatic N) is 1. The molecule has 42 heavy (non-hydrogen) atoms. The number of carboxylic acid groups (broad SMARTS) is 1. The molecule has 3 aromatic rings. The highest BCUT2D eigenvalue weighted by Gasteiger charge is 2.70. The summed E-state index contributed by atoms with van der Waals surface area (Å²) in [6.45, 7) is 1.69. The fourth-order valence-corrected chi connectivity index (χ4v) is 10.8. The highest BCUT2D eigenvalue weighted by Crippen LogP contribution is 2.68. The number of hydrogen-bond acceptors (Lipinski definition) is 8. The van der Waals surface area contributed by atoms with Crippen molar-refractivity contribution < 1.29 is 29.0 Å². The summed E-state index contributed by atoms with van der Waals surface area (Å²) < 4.78 is 11.8. The third kappa shape index (κ3) is 4.11. The maximum Gasteiger partial charge on any atom is 0.326 e. The Morgan fingerprint density at radius 1 is 1.12 bits per heavy atom. The molecule has 12 heteroatoms. The zero-order chi connectivity index (χ0) is 29.4. The number of ether oxygens (including phenoxy) is 2. The van der Waals surface area contributed by atoms with Crippen LogP contribution in [-0.2, 0) is 21.0 Å². The Labute approximate surface area is 254 Å². The molecule has 1 saturated heterocycles. The van der Waals surface area contributed by atoms with Crippen LogP contribution in [0, 0.1) is 29.6 Å². The number of fused-ring (bicyclic) bond motifs is 9. The van der Waals surface area contributed by atoms with Crippen LogP contribution in [0.2, 0.25) is 5.02 Å². The molecule has 2 aromatic carbocycles. The van der Waals surface area contributed by atoms with Gasteiger partial charge in [0, 0.05) is 21.1 Å². The van der Waals surface area contributed by atoms with E-state index in [0.29, 0.717) is 23.1 Å². The summed E-state index contributed by atoms with van der Waals surface area (Å²) in [5, 5.41) is 11.0. The number of carbonyl (C=O) groups excluding carboxylic acids is 2. The molecule has 3 fully saturated rings. The number of likely N-dealkylation sites (tertiary alicyclic amines) is 1. The number of carboxylic acids is 1. The predicted octanol–water partition coefficient (Wildman–Crippen LogP) is 4.62. The van der Waals surface area contributed by atoms with Gasteiger partial charge in [-0.3, -0.25) is 19.3 Å². The van der Waals surface area contributed by atoms with Crippen LogP contribution in [0.25, 0.3) is 0 Å². The molecule has 2 aliphatic carbocycles. The highest BCUT2D eigenvalue weighted by atomic mass is 35.5. The number of carbonyl (C=O) groups is 3.